The first kappa shape index (κ1) is 48.9. The molecule has 4 rings (SSSR count). The van der Waals surface area contributed by atoms with E-state index in [9.17, 15) is 14.4 Å². The van der Waals surface area contributed by atoms with E-state index in [1.165, 1.54) is 43.7 Å². The standard InChI is InChI=1S/C17H21NO2.C10H17NO.C10H19N.CH4.Li.2H2O/c1-3-11-17(4-2)12-8-13-18(16(17)20)15(19)14-9-6-5-7-10-14;1-3-6-10(4-2)7-5-8-11-9(10)12;1-3-6-10(4-2)7-5-8-11-9-10;;;;/h3,5-7,9-10H,1,4,8,11-13H2,2H3;3H,1,4-8H2,2H3,(H,11,12);3,11H,1,4-9H2,2H3;1H4;;2*1H2/q;;;;+1;;/p-1/t17-;2*10-;;;;/m111..../s1. The van der Waals surface area contributed by atoms with Gasteiger partial charge in [-0.3, -0.25) is 19.3 Å². The Morgan fingerprint density at radius 3 is 1.87 bits per heavy atom. The normalized spacial score (nSPS) is 24.6. The number of likely N-dealkylation sites (tertiary alicyclic amines) is 1. The Morgan fingerprint density at radius 1 is 0.830 bits per heavy atom. The number of rotatable bonds is 10. The van der Waals surface area contributed by atoms with Crippen LogP contribution in [-0.2, 0) is 9.59 Å². The van der Waals surface area contributed by atoms with Crippen LogP contribution in [-0.4, -0.2) is 59.8 Å². The topological polar surface area (TPSA) is 140 Å². The van der Waals surface area contributed by atoms with E-state index in [-0.39, 0.29) is 60.4 Å². The number of nitrogens with zero attached hydrogens (tertiary/aromatic N) is 1. The molecule has 0 bridgehead atoms. The van der Waals surface area contributed by atoms with Gasteiger partial charge in [-0.2, -0.15) is 0 Å². The van der Waals surface area contributed by atoms with Gasteiger partial charge < -0.3 is 21.6 Å². The summed E-state index contributed by atoms with van der Waals surface area (Å²) in [5.74, 6) is -0.00617. The zero-order valence-electron chi connectivity index (χ0n) is 29.2. The SMILES string of the molecule is C.C=CC[C@]1(CC)CCCN(C(=O)c2ccccc2)C1=O.C=CC[C@]1(CC)CCCNC1.C=CC[C@]1(CC)CCCNC1=O.O.[Li+].[OH-]. The van der Waals surface area contributed by atoms with Crippen molar-refractivity contribution in [1.82, 2.24) is 15.5 Å². The quantitative estimate of drug-likeness (QED) is 0.221. The predicted octanol–water partition coefficient (Wildman–Crippen LogP) is 4.27. The number of piperidine rings is 3. The Kier molecular flexibility index (Phi) is 25.6. The smallest absolute Gasteiger partial charge is 0.870 e. The van der Waals surface area contributed by atoms with Gasteiger partial charge in [-0.1, -0.05) is 64.6 Å². The van der Waals surface area contributed by atoms with Crippen molar-refractivity contribution < 1.29 is 44.2 Å². The summed E-state index contributed by atoms with van der Waals surface area (Å²) in [4.78, 5) is 38.2. The van der Waals surface area contributed by atoms with Crippen molar-refractivity contribution in [2.45, 2.75) is 105 Å². The van der Waals surface area contributed by atoms with E-state index in [0.29, 0.717) is 23.9 Å². The fourth-order valence-electron chi connectivity index (χ4n) is 6.78. The van der Waals surface area contributed by atoms with Crippen molar-refractivity contribution in [1.29, 1.82) is 0 Å². The summed E-state index contributed by atoms with van der Waals surface area (Å²) in [6.07, 6.45) is 17.8. The molecule has 3 aliphatic rings. The van der Waals surface area contributed by atoms with Gasteiger partial charge in [-0.25, -0.2) is 0 Å². The van der Waals surface area contributed by atoms with Crippen LogP contribution in [0.2, 0.25) is 0 Å². The van der Waals surface area contributed by atoms with Crippen molar-refractivity contribution in [3.63, 3.8) is 0 Å². The summed E-state index contributed by atoms with van der Waals surface area (Å²) in [7, 11) is 0. The van der Waals surface area contributed by atoms with Gasteiger partial charge in [0.15, 0.2) is 0 Å². The van der Waals surface area contributed by atoms with Crippen LogP contribution in [0.15, 0.2) is 68.3 Å². The maximum atomic E-state index is 12.7. The van der Waals surface area contributed by atoms with Crippen molar-refractivity contribution in [2.75, 3.05) is 26.2 Å². The monoisotopic (exact) mass is 650 g/mol. The molecule has 3 aliphatic heterocycles. The third-order valence-electron chi connectivity index (χ3n) is 9.91. The number of allylic oxidation sites excluding steroid dienone is 3. The first-order valence-corrected chi connectivity index (χ1v) is 16.5. The van der Waals surface area contributed by atoms with Crippen LogP contribution < -0.4 is 29.5 Å². The molecule has 0 aromatic heterocycles. The first-order chi connectivity index (χ1) is 20.7. The van der Waals surface area contributed by atoms with Crippen molar-refractivity contribution >= 4 is 17.7 Å². The van der Waals surface area contributed by atoms with Gasteiger partial charge in [0, 0.05) is 25.2 Å². The third kappa shape index (κ3) is 13.2. The molecule has 47 heavy (non-hydrogen) atoms. The summed E-state index contributed by atoms with van der Waals surface area (Å²) < 4.78 is 0. The minimum Gasteiger partial charge on any atom is -0.870 e. The molecule has 262 valence electrons. The van der Waals surface area contributed by atoms with E-state index in [2.05, 4.69) is 50.3 Å². The summed E-state index contributed by atoms with van der Waals surface area (Å²) in [5.41, 5.74) is 0.538. The van der Waals surface area contributed by atoms with Gasteiger partial charge in [-0.15, -0.1) is 19.7 Å². The van der Waals surface area contributed by atoms with Gasteiger partial charge in [0.2, 0.25) is 11.8 Å². The average Bonchev–Trinajstić information content (AvgIpc) is 3.05. The summed E-state index contributed by atoms with van der Waals surface area (Å²) >= 11 is 0. The molecule has 5 N–H and O–H groups in total. The number of imide groups is 1. The molecule has 0 spiro atoms. The van der Waals surface area contributed by atoms with Crippen LogP contribution in [0, 0.1) is 16.2 Å². The first-order valence-electron chi connectivity index (χ1n) is 16.5. The van der Waals surface area contributed by atoms with Crippen LogP contribution in [0.4, 0.5) is 0 Å². The minimum absolute atomic E-state index is 0. The summed E-state index contributed by atoms with van der Waals surface area (Å²) in [6, 6.07) is 9.01. The number of nitrogens with one attached hydrogen (secondary N) is 2. The predicted molar refractivity (Wildman–Crippen MR) is 191 cm³/mol. The molecule has 0 aliphatic carbocycles. The molecule has 3 amide bonds. The Balaban J connectivity index is -0.000000628. The van der Waals surface area contributed by atoms with Gasteiger partial charge >= 0.3 is 18.9 Å². The molecule has 0 unspecified atom stereocenters. The fourth-order valence-corrected chi connectivity index (χ4v) is 6.78. The summed E-state index contributed by atoms with van der Waals surface area (Å²) in [6.45, 7) is 21.4. The van der Waals surface area contributed by atoms with Gasteiger partial charge in [-0.05, 0) is 101 Å². The third-order valence-corrected chi connectivity index (χ3v) is 9.91. The van der Waals surface area contributed by atoms with E-state index < -0.39 is 5.41 Å². The van der Waals surface area contributed by atoms with Crippen molar-refractivity contribution in [2.24, 2.45) is 16.2 Å². The molecule has 8 nitrogen and oxygen atoms in total. The molecule has 0 saturated carbocycles. The summed E-state index contributed by atoms with van der Waals surface area (Å²) in [5, 5.41) is 6.39. The van der Waals surface area contributed by atoms with Crippen LogP contribution in [0.5, 0.6) is 0 Å². The Hall–Kier alpha value is -2.47. The number of hydrogen-bond donors (Lipinski definition) is 2. The van der Waals surface area contributed by atoms with E-state index in [0.717, 1.165) is 51.5 Å². The van der Waals surface area contributed by atoms with Crippen LogP contribution in [0.25, 0.3) is 0 Å². The average molecular weight is 650 g/mol. The number of benzene rings is 1. The molecule has 3 atom stereocenters. The second-order valence-corrected chi connectivity index (χ2v) is 12.5. The number of amides is 3. The molecule has 3 fully saturated rings. The van der Waals surface area contributed by atoms with Crippen LogP contribution in [0.1, 0.15) is 116 Å². The number of hydrogen-bond acceptors (Lipinski definition) is 5. The van der Waals surface area contributed by atoms with Gasteiger partial charge in [0.05, 0.1) is 10.8 Å². The zero-order chi connectivity index (χ0) is 31.8. The second-order valence-electron chi connectivity index (χ2n) is 12.5. The Bertz CT molecular complexity index is 1080. The largest absolute Gasteiger partial charge is 1.00 e. The van der Waals surface area contributed by atoms with E-state index >= 15 is 0 Å². The molecule has 9 heteroatoms. The molecule has 1 aromatic rings. The molecular formula is C38H64LiN3O5. The Labute approximate surface area is 298 Å². The van der Waals surface area contributed by atoms with E-state index in [1.54, 1.807) is 18.2 Å². The molecular weight excluding hydrogens is 585 g/mol. The minimum atomic E-state index is -0.440. The van der Waals surface area contributed by atoms with Crippen LogP contribution in [0.3, 0.4) is 0 Å². The van der Waals surface area contributed by atoms with Gasteiger partial charge in [0.25, 0.3) is 5.91 Å². The maximum absolute atomic E-state index is 12.7. The molecule has 3 saturated heterocycles. The maximum Gasteiger partial charge on any atom is 1.00 e. The Morgan fingerprint density at radius 2 is 1.38 bits per heavy atom. The molecule has 0 radical (unpaired) electrons. The van der Waals surface area contributed by atoms with Crippen LogP contribution >= 0.6 is 0 Å². The number of carbonyl (C=O) groups is 3. The van der Waals surface area contributed by atoms with Gasteiger partial charge in [0.1, 0.15) is 0 Å². The molecule has 3 heterocycles. The van der Waals surface area contributed by atoms with E-state index in [4.69, 9.17) is 0 Å². The van der Waals surface area contributed by atoms with Crippen molar-refractivity contribution in [3.8, 4) is 0 Å². The molecule has 1 aromatic carbocycles. The van der Waals surface area contributed by atoms with E-state index in [1.807, 2.05) is 31.2 Å². The zero-order valence-corrected chi connectivity index (χ0v) is 29.2. The van der Waals surface area contributed by atoms with Crippen molar-refractivity contribution in [3.05, 3.63) is 73.9 Å². The number of carbonyl (C=O) groups excluding carboxylic acids is 3. The second kappa shape index (κ2) is 24.6. The fraction of sp³-hybridized carbons (Fsp3) is 0.605.